The third kappa shape index (κ3) is 2.77. The number of aryl methyl sites for hydroxylation is 2. The summed E-state index contributed by atoms with van der Waals surface area (Å²) in [6, 6.07) is 3.62. The van der Waals surface area contributed by atoms with Gasteiger partial charge < -0.3 is 4.42 Å². The number of nitrogens with one attached hydrogen (secondary N) is 2. The number of hydrazone groups is 1. The quantitative estimate of drug-likeness (QED) is 0.604. The van der Waals surface area contributed by atoms with Crippen LogP contribution < -0.4 is 11.1 Å². The fraction of sp³-hybridized carbons (Fsp3) is 0.200. The summed E-state index contributed by atoms with van der Waals surface area (Å²) in [5.74, 6) is 1.73. The van der Waals surface area contributed by atoms with Gasteiger partial charge >= 0.3 is 5.69 Å². The molecule has 0 amide bonds. The van der Waals surface area contributed by atoms with Crippen molar-refractivity contribution < 1.29 is 4.42 Å². The Morgan fingerprint density at radius 2 is 2.29 bits per heavy atom. The van der Waals surface area contributed by atoms with E-state index in [1.54, 1.807) is 13.0 Å². The number of hydrogen-bond donors (Lipinski definition) is 2. The number of furan rings is 1. The number of H-pyrrole nitrogens is 1. The molecule has 0 bridgehead atoms. The summed E-state index contributed by atoms with van der Waals surface area (Å²) in [7, 11) is 0. The average molecular weight is 233 g/mol. The Morgan fingerprint density at radius 1 is 1.47 bits per heavy atom. The van der Waals surface area contributed by atoms with E-state index in [9.17, 15) is 4.79 Å². The van der Waals surface area contributed by atoms with Gasteiger partial charge in [0.05, 0.1) is 6.21 Å². The number of nitrogens with zero attached hydrogens (tertiary/aromatic N) is 3. The molecule has 0 fully saturated rings. The monoisotopic (exact) mass is 233 g/mol. The second-order valence-electron chi connectivity index (χ2n) is 3.39. The first kappa shape index (κ1) is 11.1. The molecular formula is C10H11N5O2. The van der Waals surface area contributed by atoms with Gasteiger partial charge in [-0.1, -0.05) is 0 Å². The lowest BCUT2D eigenvalue weighted by atomic mass is 10.4. The molecule has 0 aromatic carbocycles. The standard InChI is InChI=1S/C10H11N5O2/c1-6-3-4-8(17-6)5-11-14-9-7(2)13-15-10(16)12-9/h3-5H,1-2H3,(H2,12,14,15,16). The number of anilines is 1. The third-order valence-corrected chi connectivity index (χ3v) is 2.00. The van der Waals surface area contributed by atoms with Gasteiger partial charge in [-0.2, -0.15) is 15.2 Å². The zero-order chi connectivity index (χ0) is 12.3. The molecule has 0 aliphatic rings. The molecule has 0 aliphatic heterocycles. The van der Waals surface area contributed by atoms with Gasteiger partial charge in [0.15, 0.2) is 5.82 Å². The molecule has 0 radical (unpaired) electrons. The summed E-state index contributed by atoms with van der Waals surface area (Å²) < 4.78 is 5.28. The van der Waals surface area contributed by atoms with E-state index in [1.807, 2.05) is 13.0 Å². The normalized spacial score (nSPS) is 10.9. The van der Waals surface area contributed by atoms with E-state index in [-0.39, 0.29) is 0 Å². The SMILES string of the molecule is Cc1ccc(C=NNc2nc(=O)[nH]nc2C)o1. The zero-order valence-corrected chi connectivity index (χ0v) is 9.39. The van der Waals surface area contributed by atoms with Gasteiger partial charge in [0.1, 0.15) is 17.2 Å². The predicted molar refractivity (Wildman–Crippen MR) is 62.1 cm³/mol. The maximum atomic E-state index is 10.9. The summed E-state index contributed by atoms with van der Waals surface area (Å²) >= 11 is 0. The van der Waals surface area contributed by atoms with Gasteiger partial charge in [-0.15, -0.1) is 0 Å². The molecule has 0 unspecified atom stereocenters. The molecule has 88 valence electrons. The molecule has 2 aromatic rings. The van der Waals surface area contributed by atoms with Gasteiger partial charge in [-0.05, 0) is 26.0 Å². The maximum absolute atomic E-state index is 10.9. The molecule has 2 aromatic heterocycles. The predicted octanol–water partition coefficient (Wildman–Crippen LogP) is 0.821. The summed E-state index contributed by atoms with van der Waals surface area (Å²) in [6.07, 6.45) is 1.50. The van der Waals surface area contributed by atoms with E-state index in [0.717, 1.165) is 5.76 Å². The highest BCUT2D eigenvalue weighted by Gasteiger charge is 2.00. The highest BCUT2D eigenvalue weighted by molar-refractivity contribution is 5.76. The minimum absolute atomic E-state index is 0.313. The van der Waals surface area contributed by atoms with E-state index in [4.69, 9.17) is 4.42 Å². The van der Waals surface area contributed by atoms with Crippen molar-refractivity contribution in [2.24, 2.45) is 5.10 Å². The molecule has 2 heterocycles. The summed E-state index contributed by atoms with van der Waals surface area (Å²) in [5, 5.41) is 9.88. The Labute approximate surface area is 96.6 Å². The highest BCUT2D eigenvalue weighted by Crippen LogP contribution is 2.05. The Balaban J connectivity index is 2.09. The molecule has 0 atom stereocenters. The number of rotatable bonds is 3. The molecular weight excluding hydrogens is 222 g/mol. The van der Waals surface area contributed by atoms with Crippen LogP contribution in [-0.2, 0) is 0 Å². The van der Waals surface area contributed by atoms with Crippen LogP contribution in [0.15, 0.2) is 26.4 Å². The van der Waals surface area contributed by atoms with Crippen molar-refractivity contribution in [1.29, 1.82) is 0 Å². The van der Waals surface area contributed by atoms with Crippen LogP contribution in [-0.4, -0.2) is 21.4 Å². The molecule has 7 nitrogen and oxygen atoms in total. The van der Waals surface area contributed by atoms with Crippen molar-refractivity contribution in [3.05, 3.63) is 39.8 Å². The van der Waals surface area contributed by atoms with Crippen molar-refractivity contribution in [1.82, 2.24) is 15.2 Å². The highest BCUT2D eigenvalue weighted by atomic mass is 16.3. The van der Waals surface area contributed by atoms with Crippen LogP contribution in [0, 0.1) is 13.8 Å². The molecule has 17 heavy (non-hydrogen) atoms. The first-order valence-electron chi connectivity index (χ1n) is 4.94. The van der Waals surface area contributed by atoms with E-state index in [0.29, 0.717) is 17.3 Å². The summed E-state index contributed by atoms with van der Waals surface area (Å²) in [4.78, 5) is 14.6. The van der Waals surface area contributed by atoms with Crippen molar-refractivity contribution >= 4 is 12.0 Å². The summed E-state index contributed by atoms with van der Waals surface area (Å²) in [5.41, 5.74) is 2.65. The number of aromatic nitrogens is 3. The number of aromatic amines is 1. The van der Waals surface area contributed by atoms with E-state index in [2.05, 4.69) is 25.7 Å². The van der Waals surface area contributed by atoms with E-state index >= 15 is 0 Å². The van der Waals surface area contributed by atoms with Gasteiger partial charge in [-0.25, -0.2) is 9.89 Å². The van der Waals surface area contributed by atoms with Gasteiger partial charge in [0.25, 0.3) is 0 Å². The second-order valence-corrected chi connectivity index (χ2v) is 3.39. The minimum atomic E-state index is -0.526. The average Bonchev–Trinajstić information content (AvgIpc) is 2.69. The third-order valence-electron chi connectivity index (χ3n) is 2.00. The zero-order valence-electron chi connectivity index (χ0n) is 9.39. The molecule has 0 saturated carbocycles. The Morgan fingerprint density at radius 3 is 3.00 bits per heavy atom. The lowest BCUT2D eigenvalue weighted by molar-refractivity contribution is 0.528. The number of hydrogen-bond acceptors (Lipinski definition) is 6. The van der Waals surface area contributed by atoms with E-state index in [1.165, 1.54) is 6.21 Å². The van der Waals surface area contributed by atoms with Crippen LogP contribution in [0.3, 0.4) is 0 Å². The first-order valence-corrected chi connectivity index (χ1v) is 4.94. The van der Waals surface area contributed by atoms with Crippen LogP contribution in [0.5, 0.6) is 0 Å². The second kappa shape index (κ2) is 4.60. The largest absolute Gasteiger partial charge is 0.460 e. The van der Waals surface area contributed by atoms with Gasteiger partial charge in [-0.3, -0.25) is 5.43 Å². The van der Waals surface area contributed by atoms with Crippen LogP contribution in [0.2, 0.25) is 0 Å². The minimum Gasteiger partial charge on any atom is -0.460 e. The Hall–Kier alpha value is -2.44. The van der Waals surface area contributed by atoms with Crippen molar-refractivity contribution in [3.63, 3.8) is 0 Å². The molecule has 2 N–H and O–H groups in total. The molecule has 7 heteroatoms. The fourth-order valence-corrected chi connectivity index (χ4v) is 1.18. The van der Waals surface area contributed by atoms with E-state index < -0.39 is 5.69 Å². The fourth-order valence-electron chi connectivity index (χ4n) is 1.18. The Kier molecular flexibility index (Phi) is 2.99. The lowest BCUT2D eigenvalue weighted by Crippen LogP contribution is -2.15. The van der Waals surface area contributed by atoms with Crippen LogP contribution in [0.25, 0.3) is 0 Å². The first-order chi connectivity index (χ1) is 8.15. The van der Waals surface area contributed by atoms with Gasteiger partial charge in [0.2, 0.25) is 0 Å². The molecule has 0 saturated heterocycles. The Bertz CT molecular complexity index is 599. The topological polar surface area (TPSA) is 96.2 Å². The van der Waals surface area contributed by atoms with Crippen LogP contribution >= 0.6 is 0 Å². The molecule has 0 aliphatic carbocycles. The summed E-state index contributed by atoms with van der Waals surface area (Å²) in [6.45, 7) is 3.55. The molecule has 2 rings (SSSR count). The van der Waals surface area contributed by atoms with Crippen molar-refractivity contribution in [2.45, 2.75) is 13.8 Å². The van der Waals surface area contributed by atoms with Gasteiger partial charge in [0, 0.05) is 0 Å². The molecule has 0 spiro atoms. The van der Waals surface area contributed by atoms with Crippen LogP contribution in [0.1, 0.15) is 17.2 Å². The van der Waals surface area contributed by atoms with Crippen molar-refractivity contribution in [2.75, 3.05) is 5.43 Å². The van der Waals surface area contributed by atoms with Crippen molar-refractivity contribution in [3.8, 4) is 0 Å². The van der Waals surface area contributed by atoms with Crippen LogP contribution in [0.4, 0.5) is 5.82 Å². The smallest absolute Gasteiger partial charge is 0.363 e. The maximum Gasteiger partial charge on any atom is 0.363 e. The lowest BCUT2D eigenvalue weighted by Gasteiger charge is -1.99.